The summed E-state index contributed by atoms with van der Waals surface area (Å²) in [6.07, 6.45) is 0.885. The highest BCUT2D eigenvalue weighted by Crippen LogP contribution is 2.34. The van der Waals surface area contributed by atoms with Gasteiger partial charge in [-0.05, 0) is 41.0 Å². The smallest absolute Gasteiger partial charge is 0.320 e. The lowest BCUT2D eigenvalue weighted by Crippen LogP contribution is -2.35. The van der Waals surface area contributed by atoms with Gasteiger partial charge < -0.3 is 10.2 Å². The molecule has 1 heterocycles. The van der Waals surface area contributed by atoms with E-state index >= 15 is 0 Å². The van der Waals surface area contributed by atoms with Gasteiger partial charge in [-0.25, -0.2) is 14.8 Å². The number of benzene rings is 5. The van der Waals surface area contributed by atoms with Crippen molar-refractivity contribution in [2.45, 2.75) is 19.9 Å². The van der Waals surface area contributed by atoms with Gasteiger partial charge in [0, 0.05) is 29.5 Å². The molecule has 0 radical (unpaired) electrons. The Morgan fingerprint density at radius 2 is 1.31 bits per heavy atom. The molecule has 0 unspecified atom stereocenters. The SMILES string of the molecule is CCCN(Cc1ccccc1)C(=O)Nc1ccc2nc3c4ccccc4c4ccccc4c3nc2c1. The Bertz CT molecular complexity index is 1730. The number of fused-ring (bicyclic) bond motifs is 7. The van der Waals surface area contributed by atoms with Crippen LogP contribution >= 0.6 is 0 Å². The zero-order valence-corrected chi connectivity index (χ0v) is 20.1. The van der Waals surface area contributed by atoms with Crippen LogP contribution in [0.25, 0.3) is 43.6 Å². The summed E-state index contributed by atoms with van der Waals surface area (Å²) in [5.41, 5.74) is 5.14. The van der Waals surface area contributed by atoms with Crippen LogP contribution in [0.1, 0.15) is 18.9 Å². The third-order valence-corrected chi connectivity index (χ3v) is 6.57. The molecule has 176 valence electrons. The van der Waals surface area contributed by atoms with Crippen LogP contribution in [0.2, 0.25) is 0 Å². The lowest BCUT2D eigenvalue weighted by Gasteiger charge is -2.23. The Kier molecular flexibility index (Phi) is 5.66. The summed E-state index contributed by atoms with van der Waals surface area (Å²) >= 11 is 0. The van der Waals surface area contributed by atoms with Crippen molar-refractivity contribution in [2.24, 2.45) is 0 Å². The summed E-state index contributed by atoms with van der Waals surface area (Å²) in [5, 5.41) is 7.58. The number of hydrogen-bond acceptors (Lipinski definition) is 3. The zero-order valence-electron chi connectivity index (χ0n) is 20.1. The number of amides is 2. The molecule has 0 spiro atoms. The van der Waals surface area contributed by atoms with E-state index in [0.29, 0.717) is 18.8 Å². The van der Waals surface area contributed by atoms with E-state index in [9.17, 15) is 4.79 Å². The summed E-state index contributed by atoms with van der Waals surface area (Å²) in [4.78, 5) is 25.1. The van der Waals surface area contributed by atoms with Crippen LogP contribution in [0.3, 0.4) is 0 Å². The summed E-state index contributed by atoms with van der Waals surface area (Å²) in [6.45, 7) is 3.32. The predicted molar refractivity (Wildman–Crippen MR) is 148 cm³/mol. The van der Waals surface area contributed by atoms with Gasteiger partial charge in [0.2, 0.25) is 0 Å². The number of nitrogens with one attached hydrogen (secondary N) is 1. The normalized spacial score (nSPS) is 11.4. The van der Waals surface area contributed by atoms with E-state index in [2.05, 4.69) is 48.6 Å². The standard InChI is InChI=1S/C31H26N4O/c1-2-18-35(20-21-10-4-3-5-11-21)31(36)32-22-16-17-27-28(19-22)34-30-26-15-9-7-13-24(26)23-12-6-8-14-25(23)29(30)33-27/h3-17,19H,2,18,20H2,1H3,(H,32,36). The van der Waals surface area contributed by atoms with Gasteiger partial charge in [-0.1, -0.05) is 85.8 Å². The maximum atomic E-state index is 13.2. The summed E-state index contributed by atoms with van der Waals surface area (Å²) in [7, 11) is 0. The molecule has 0 aliphatic carbocycles. The summed E-state index contributed by atoms with van der Waals surface area (Å²) in [6, 6.07) is 32.4. The van der Waals surface area contributed by atoms with E-state index in [1.165, 1.54) is 5.39 Å². The third kappa shape index (κ3) is 3.99. The lowest BCUT2D eigenvalue weighted by atomic mass is 9.99. The number of rotatable bonds is 5. The average molecular weight is 471 g/mol. The number of aromatic nitrogens is 2. The average Bonchev–Trinajstić information content (AvgIpc) is 2.92. The van der Waals surface area contributed by atoms with E-state index < -0.39 is 0 Å². The Morgan fingerprint density at radius 3 is 1.94 bits per heavy atom. The molecule has 1 aromatic heterocycles. The van der Waals surface area contributed by atoms with Gasteiger partial charge in [0.15, 0.2) is 0 Å². The van der Waals surface area contributed by atoms with Crippen molar-refractivity contribution in [1.82, 2.24) is 14.9 Å². The topological polar surface area (TPSA) is 58.1 Å². The van der Waals surface area contributed by atoms with Crippen LogP contribution in [0.5, 0.6) is 0 Å². The number of urea groups is 1. The van der Waals surface area contributed by atoms with E-state index in [4.69, 9.17) is 9.97 Å². The van der Waals surface area contributed by atoms with Crippen molar-refractivity contribution in [3.8, 4) is 0 Å². The molecule has 6 rings (SSSR count). The highest BCUT2D eigenvalue weighted by molar-refractivity contribution is 6.23. The molecule has 1 N–H and O–H groups in total. The molecule has 0 aliphatic rings. The van der Waals surface area contributed by atoms with E-state index in [1.807, 2.05) is 65.6 Å². The minimum atomic E-state index is -0.120. The molecule has 6 aromatic rings. The second kappa shape index (κ2) is 9.27. The molecule has 0 saturated carbocycles. The molecule has 36 heavy (non-hydrogen) atoms. The molecule has 5 heteroatoms. The maximum absolute atomic E-state index is 13.2. The predicted octanol–water partition coefficient (Wildman–Crippen LogP) is 7.53. The molecule has 0 atom stereocenters. The van der Waals surface area contributed by atoms with Crippen molar-refractivity contribution in [3.63, 3.8) is 0 Å². The number of carbonyl (C=O) groups excluding carboxylic acids is 1. The van der Waals surface area contributed by atoms with Gasteiger partial charge in [-0.15, -0.1) is 0 Å². The number of anilines is 1. The first-order chi connectivity index (χ1) is 17.7. The highest BCUT2D eigenvalue weighted by atomic mass is 16.2. The minimum absolute atomic E-state index is 0.120. The van der Waals surface area contributed by atoms with Crippen molar-refractivity contribution < 1.29 is 4.79 Å². The second-order valence-corrected chi connectivity index (χ2v) is 9.05. The quantitative estimate of drug-likeness (QED) is 0.209. The first-order valence-electron chi connectivity index (χ1n) is 12.3. The van der Waals surface area contributed by atoms with Crippen LogP contribution < -0.4 is 5.32 Å². The maximum Gasteiger partial charge on any atom is 0.322 e. The minimum Gasteiger partial charge on any atom is -0.320 e. The van der Waals surface area contributed by atoms with Crippen LogP contribution in [0, 0.1) is 0 Å². The molecule has 5 nitrogen and oxygen atoms in total. The largest absolute Gasteiger partial charge is 0.322 e. The highest BCUT2D eigenvalue weighted by Gasteiger charge is 2.15. The molecule has 0 saturated heterocycles. The Labute approximate surface area is 209 Å². The van der Waals surface area contributed by atoms with Gasteiger partial charge in [-0.2, -0.15) is 0 Å². The van der Waals surface area contributed by atoms with Crippen molar-refractivity contribution in [1.29, 1.82) is 0 Å². The molecule has 0 bridgehead atoms. The van der Waals surface area contributed by atoms with Gasteiger partial charge in [-0.3, -0.25) is 0 Å². The fourth-order valence-electron chi connectivity index (χ4n) is 4.89. The van der Waals surface area contributed by atoms with Crippen LogP contribution in [0.4, 0.5) is 10.5 Å². The Hall–Kier alpha value is -4.51. The van der Waals surface area contributed by atoms with Crippen LogP contribution in [-0.4, -0.2) is 27.4 Å². The molecule has 2 amide bonds. The molecule has 0 fully saturated rings. The Balaban J connectivity index is 1.40. The molecular weight excluding hydrogens is 444 g/mol. The van der Waals surface area contributed by atoms with Gasteiger partial charge in [0.05, 0.1) is 22.1 Å². The van der Waals surface area contributed by atoms with Crippen molar-refractivity contribution in [2.75, 3.05) is 11.9 Å². The fraction of sp³-hybridized carbons (Fsp3) is 0.129. The molecule has 5 aromatic carbocycles. The van der Waals surface area contributed by atoms with E-state index in [-0.39, 0.29) is 6.03 Å². The fourth-order valence-corrected chi connectivity index (χ4v) is 4.89. The van der Waals surface area contributed by atoms with E-state index in [0.717, 1.165) is 50.2 Å². The second-order valence-electron chi connectivity index (χ2n) is 9.05. The molecule has 0 aliphatic heterocycles. The first-order valence-corrected chi connectivity index (χ1v) is 12.3. The monoisotopic (exact) mass is 470 g/mol. The van der Waals surface area contributed by atoms with Crippen molar-refractivity contribution in [3.05, 3.63) is 103 Å². The molecular formula is C31H26N4O. The van der Waals surface area contributed by atoms with Crippen molar-refractivity contribution >= 4 is 55.3 Å². The lowest BCUT2D eigenvalue weighted by molar-refractivity contribution is 0.209. The first kappa shape index (κ1) is 22.0. The third-order valence-electron chi connectivity index (χ3n) is 6.57. The van der Waals surface area contributed by atoms with Crippen LogP contribution in [-0.2, 0) is 6.54 Å². The zero-order chi connectivity index (χ0) is 24.5. The van der Waals surface area contributed by atoms with Crippen LogP contribution in [0.15, 0.2) is 97.1 Å². The van der Waals surface area contributed by atoms with Gasteiger partial charge in [0.25, 0.3) is 0 Å². The summed E-state index contributed by atoms with van der Waals surface area (Å²) < 4.78 is 0. The number of carbonyl (C=O) groups is 1. The van der Waals surface area contributed by atoms with Gasteiger partial charge in [0.1, 0.15) is 0 Å². The Morgan fingerprint density at radius 1 is 0.722 bits per heavy atom. The number of nitrogens with zero attached hydrogens (tertiary/aromatic N) is 3. The number of hydrogen-bond donors (Lipinski definition) is 1. The van der Waals surface area contributed by atoms with E-state index in [1.54, 1.807) is 0 Å². The summed E-state index contributed by atoms with van der Waals surface area (Å²) in [5.74, 6) is 0. The van der Waals surface area contributed by atoms with Gasteiger partial charge >= 0.3 is 6.03 Å².